The second kappa shape index (κ2) is 20.8. The normalized spacial score (nSPS) is 38.9. The Morgan fingerprint density at radius 1 is 0.786 bits per heavy atom. The molecule has 0 aromatic heterocycles. The summed E-state index contributed by atoms with van der Waals surface area (Å²) < 4.78 is 17.8. The molecule has 0 amide bonds. The molecule has 0 bridgehead atoms. The lowest BCUT2D eigenvalue weighted by atomic mass is 9.46. The number of esters is 1. The van der Waals surface area contributed by atoms with Crippen LogP contribution in [-0.4, -0.2) is 81.0 Å². The molecule has 1 saturated heterocycles. The van der Waals surface area contributed by atoms with Crippen molar-refractivity contribution in [3.63, 3.8) is 0 Å². The van der Waals surface area contributed by atoms with Crippen LogP contribution in [0.3, 0.4) is 0 Å². The van der Waals surface area contributed by atoms with Crippen LogP contribution >= 0.6 is 0 Å². The van der Waals surface area contributed by atoms with Gasteiger partial charge in [0.2, 0.25) is 0 Å². The van der Waals surface area contributed by atoms with E-state index in [0.29, 0.717) is 30.6 Å². The van der Waals surface area contributed by atoms with Crippen LogP contribution < -0.4 is 0 Å². The Hall–Kier alpha value is -1.23. The molecule has 56 heavy (non-hydrogen) atoms. The van der Waals surface area contributed by atoms with Crippen molar-refractivity contribution in [3.05, 3.63) is 11.3 Å². The van der Waals surface area contributed by atoms with Gasteiger partial charge in [0, 0.05) is 6.42 Å². The van der Waals surface area contributed by atoms with Crippen molar-refractivity contribution < 1.29 is 44.5 Å². The number of ether oxygens (including phenoxy) is 3. The number of aliphatic hydroxyl groups excluding tert-OH is 5. The Kier molecular flexibility index (Phi) is 17.1. The van der Waals surface area contributed by atoms with E-state index in [9.17, 15) is 30.3 Å². The summed E-state index contributed by atoms with van der Waals surface area (Å²) >= 11 is 0. The summed E-state index contributed by atoms with van der Waals surface area (Å²) in [6.07, 6.45) is 15.4. The van der Waals surface area contributed by atoms with Crippen LogP contribution in [0, 0.1) is 46.3 Å². The first-order valence-corrected chi connectivity index (χ1v) is 23.3. The molecule has 0 aromatic carbocycles. The van der Waals surface area contributed by atoms with Crippen molar-refractivity contribution in [2.24, 2.45) is 46.3 Å². The van der Waals surface area contributed by atoms with Gasteiger partial charge in [-0.15, -0.1) is 0 Å². The topological polar surface area (TPSA) is 146 Å². The van der Waals surface area contributed by atoms with Crippen LogP contribution in [0.15, 0.2) is 11.3 Å². The monoisotopic (exact) mass is 791 g/mol. The van der Waals surface area contributed by atoms with Crippen molar-refractivity contribution in [1.82, 2.24) is 0 Å². The van der Waals surface area contributed by atoms with Gasteiger partial charge in [-0.25, -0.2) is 0 Å². The molecular weight excluding hydrogens is 709 g/mol. The molecular formula is C47H82O9. The molecule has 5 N–H and O–H groups in total. The molecule has 1 unspecified atom stereocenters. The molecule has 1 heterocycles. The number of carbonyl (C=O) groups is 1. The largest absolute Gasteiger partial charge is 0.510 e. The molecule has 5 aliphatic rings. The first kappa shape index (κ1) is 45.8. The van der Waals surface area contributed by atoms with E-state index in [0.717, 1.165) is 56.4 Å². The number of fused-ring (bicyclic) bond motifs is 5. The standard InChI is InChI=1S/C47H82O9/c1-7-8-9-10-11-12-13-14-15-16-17-21-38(48)54-29-37-41(50)43(52)44(53)45(56-37)55-32-24-26-47(6)35-25-27-46(5)33(31(4)20-18-19-30(2)3)22-23-34(46)39(35)42(51)40(49)36(47)28-32/h30-35,37,39,41-45,49-53H,7-29H2,1-6H3/t31-,32+,33-,34+,35+,37-,39+,41+,42?,43-,44+,45+,46-,47-/m1/s1. The molecule has 324 valence electrons. The van der Waals surface area contributed by atoms with Crippen LogP contribution in [0.2, 0.25) is 0 Å². The maximum Gasteiger partial charge on any atom is 0.305 e. The van der Waals surface area contributed by atoms with Crippen LogP contribution in [0.25, 0.3) is 0 Å². The van der Waals surface area contributed by atoms with E-state index < -0.39 is 42.9 Å². The highest BCUT2D eigenvalue weighted by Gasteiger charge is 2.63. The summed E-state index contributed by atoms with van der Waals surface area (Å²) in [7, 11) is 0. The Balaban J connectivity index is 1.11. The third kappa shape index (κ3) is 10.6. The summed E-state index contributed by atoms with van der Waals surface area (Å²) in [5.41, 5.74) is 0.759. The number of unbranched alkanes of at least 4 members (excludes halogenated alkanes) is 10. The van der Waals surface area contributed by atoms with Crippen LogP contribution in [0.5, 0.6) is 0 Å². The zero-order valence-electron chi connectivity index (χ0n) is 36.1. The average molecular weight is 791 g/mol. The molecule has 9 heteroatoms. The Morgan fingerprint density at radius 2 is 1.45 bits per heavy atom. The maximum absolute atomic E-state index is 12.5. The summed E-state index contributed by atoms with van der Waals surface area (Å²) in [5.74, 6) is 2.46. The summed E-state index contributed by atoms with van der Waals surface area (Å²) in [5, 5.41) is 56.1. The minimum Gasteiger partial charge on any atom is -0.510 e. The zero-order valence-corrected chi connectivity index (χ0v) is 36.1. The average Bonchev–Trinajstić information content (AvgIpc) is 3.53. The number of rotatable bonds is 21. The molecule has 0 radical (unpaired) electrons. The minimum atomic E-state index is -1.53. The van der Waals surface area contributed by atoms with Gasteiger partial charge in [0.05, 0.1) is 6.10 Å². The van der Waals surface area contributed by atoms with E-state index in [4.69, 9.17) is 14.2 Å². The molecule has 14 atom stereocenters. The van der Waals surface area contributed by atoms with Crippen molar-refractivity contribution in [2.45, 2.75) is 226 Å². The molecule has 9 nitrogen and oxygen atoms in total. The van der Waals surface area contributed by atoms with Gasteiger partial charge in [-0.05, 0) is 103 Å². The first-order valence-electron chi connectivity index (χ1n) is 23.3. The minimum absolute atomic E-state index is 0.0336. The second-order valence-electron chi connectivity index (χ2n) is 20.0. The highest BCUT2D eigenvalue weighted by atomic mass is 16.7. The van der Waals surface area contributed by atoms with E-state index in [1.807, 2.05) is 0 Å². The molecule has 1 aliphatic heterocycles. The van der Waals surface area contributed by atoms with Crippen molar-refractivity contribution >= 4 is 5.97 Å². The van der Waals surface area contributed by atoms with Crippen LogP contribution in [-0.2, 0) is 19.0 Å². The molecule has 0 aromatic rings. The van der Waals surface area contributed by atoms with Crippen LogP contribution in [0.1, 0.15) is 183 Å². The SMILES string of the molecule is CCCCCCCCCCCCCC(=O)OC[C@H]1O[C@H](O[C@H]2CC[C@@]3(C)C(=C(O)C(O)[C@H]4[C@@H]5CC[C@H]([C@H](C)CCCC(C)C)[C@@]5(C)CC[C@@H]43)C2)[C@@H](O)[C@H](O)[C@H]1O. The van der Waals surface area contributed by atoms with E-state index in [1.165, 1.54) is 77.0 Å². The number of aliphatic hydroxyl groups is 5. The molecule has 4 aliphatic carbocycles. The highest BCUT2D eigenvalue weighted by molar-refractivity contribution is 5.69. The number of hydrogen-bond donors (Lipinski definition) is 5. The van der Waals surface area contributed by atoms with Gasteiger partial charge in [-0.1, -0.05) is 125 Å². The first-order chi connectivity index (χ1) is 26.7. The van der Waals surface area contributed by atoms with E-state index in [-0.39, 0.29) is 47.4 Å². The Bertz CT molecular complexity index is 1250. The second-order valence-corrected chi connectivity index (χ2v) is 20.0. The predicted octanol–water partition coefficient (Wildman–Crippen LogP) is 9.32. The van der Waals surface area contributed by atoms with Gasteiger partial charge >= 0.3 is 5.97 Å². The van der Waals surface area contributed by atoms with Gasteiger partial charge in [0.25, 0.3) is 0 Å². The van der Waals surface area contributed by atoms with Crippen LogP contribution in [0.4, 0.5) is 0 Å². The number of carbonyl (C=O) groups excluding carboxylic acids is 1. The molecule has 4 fully saturated rings. The van der Waals surface area contributed by atoms with Gasteiger partial charge in [0.15, 0.2) is 6.29 Å². The lowest BCUT2D eigenvalue weighted by Gasteiger charge is -2.60. The van der Waals surface area contributed by atoms with Gasteiger partial charge in [-0.3, -0.25) is 4.79 Å². The summed E-state index contributed by atoms with van der Waals surface area (Å²) in [6, 6.07) is 0. The van der Waals surface area contributed by atoms with Gasteiger partial charge in [-0.2, -0.15) is 0 Å². The summed E-state index contributed by atoms with van der Waals surface area (Å²) in [4.78, 5) is 12.5. The molecule has 5 rings (SSSR count). The number of hydrogen-bond acceptors (Lipinski definition) is 9. The Morgan fingerprint density at radius 3 is 2.11 bits per heavy atom. The summed E-state index contributed by atoms with van der Waals surface area (Å²) in [6.45, 7) is 13.8. The molecule has 0 spiro atoms. The van der Waals surface area contributed by atoms with Gasteiger partial charge < -0.3 is 39.7 Å². The fourth-order valence-electron chi connectivity index (χ4n) is 12.4. The lowest BCUT2D eigenvalue weighted by Crippen LogP contribution is -2.60. The Labute approximate surface area is 339 Å². The van der Waals surface area contributed by atoms with E-state index >= 15 is 0 Å². The smallest absolute Gasteiger partial charge is 0.305 e. The lowest BCUT2D eigenvalue weighted by molar-refractivity contribution is -0.313. The van der Waals surface area contributed by atoms with Crippen molar-refractivity contribution in [3.8, 4) is 0 Å². The van der Waals surface area contributed by atoms with E-state index in [1.54, 1.807) is 0 Å². The third-order valence-corrected chi connectivity index (χ3v) is 15.8. The predicted molar refractivity (Wildman–Crippen MR) is 220 cm³/mol. The fourth-order valence-corrected chi connectivity index (χ4v) is 12.4. The van der Waals surface area contributed by atoms with Gasteiger partial charge in [0.1, 0.15) is 42.9 Å². The van der Waals surface area contributed by atoms with E-state index in [2.05, 4.69) is 41.5 Å². The maximum atomic E-state index is 12.5. The quantitative estimate of drug-likeness (QED) is 0.0567. The third-order valence-electron chi connectivity index (χ3n) is 15.8. The van der Waals surface area contributed by atoms with Crippen molar-refractivity contribution in [1.29, 1.82) is 0 Å². The molecule has 3 saturated carbocycles. The highest BCUT2D eigenvalue weighted by Crippen LogP contribution is 2.68. The van der Waals surface area contributed by atoms with Crippen molar-refractivity contribution in [2.75, 3.05) is 6.61 Å². The zero-order chi connectivity index (χ0) is 40.6. The fraction of sp³-hybridized carbons (Fsp3) is 0.936.